The van der Waals surface area contributed by atoms with Crippen LogP contribution in [0.2, 0.25) is 0 Å². The van der Waals surface area contributed by atoms with Gasteiger partial charge >= 0.3 is 0 Å². The molecule has 0 aliphatic heterocycles. The first-order valence-corrected chi connectivity index (χ1v) is 22.3. The number of fused-ring (bicyclic) bond motifs is 5. The van der Waals surface area contributed by atoms with Gasteiger partial charge in [-0.25, -0.2) is 15.0 Å². The topological polar surface area (TPSA) is 48.4 Å². The van der Waals surface area contributed by atoms with Crippen LogP contribution in [0.15, 0.2) is 201 Å². The lowest BCUT2D eigenvalue weighted by atomic mass is 9.81. The second-order valence-electron chi connectivity index (χ2n) is 17.6. The third-order valence-electron chi connectivity index (χ3n) is 13.0. The molecule has 6 heteroatoms. The van der Waals surface area contributed by atoms with Gasteiger partial charge in [0.15, 0.2) is 0 Å². The lowest BCUT2D eigenvalue weighted by molar-refractivity contribution is 0.661. The maximum Gasteiger partial charge on any atom is 0.137 e. The van der Waals surface area contributed by atoms with Crippen LogP contribution in [0.3, 0.4) is 0 Å². The zero-order valence-electron chi connectivity index (χ0n) is 37.2. The molecule has 3 aromatic heterocycles. The molecule has 6 nitrogen and oxygen atoms in total. The SMILES string of the molecule is Cc1ccc(N(c2ccc3c(N(c4ccc(C)cc4)c4ccccn4)c4cc5c(cc4c(N(c4ccc(C)cc4)c4ccccn4)c3c2)-c2ccccc2C5(C)C)c2ccccn2)cc1. The Morgan fingerprint density at radius 1 is 0.338 bits per heavy atom. The number of pyridine rings is 3. The standard InChI is InChI=1S/C59H48N6/c1-39-19-25-42(26-20-39)63(54-16-8-11-33-60-54)45-31-32-47-49(36-45)58(65(56-18-10-13-35-62-56)44-29-23-41(3)24-30-44)50-37-48-46-14-6-7-15-52(46)59(4,5)53(48)38-51(50)57(47)64(55-17-9-12-34-61-55)43-27-21-40(2)22-28-43/h6-38H,1-5H3. The highest BCUT2D eigenvalue weighted by Gasteiger charge is 2.37. The number of hydrogen-bond acceptors (Lipinski definition) is 6. The molecule has 7 aromatic carbocycles. The van der Waals surface area contributed by atoms with Crippen LogP contribution < -0.4 is 14.7 Å². The maximum atomic E-state index is 5.11. The zero-order chi connectivity index (χ0) is 44.2. The summed E-state index contributed by atoms with van der Waals surface area (Å²) in [7, 11) is 0. The van der Waals surface area contributed by atoms with Crippen molar-refractivity contribution in [2.45, 2.75) is 40.0 Å². The summed E-state index contributed by atoms with van der Waals surface area (Å²) in [5.41, 5.74) is 14.5. The Kier molecular flexibility index (Phi) is 9.73. The van der Waals surface area contributed by atoms with Gasteiger partial charge < -0.3 is 0 Å². The molecule has 0 saturated heterocycles. The number of aryl methyl sites for hydroxylation is 3. The van der Waals surface area contributed by atoms with E-state index in [0.717, 1.165) is 73.1 Å². The van der Waals surface area contributed by atoms with Crippen molar-refractivity contribution in [2.75, 3.05) is 14.7 Å². The molecule has 0 amide bonds. The van der Waals surface area contributed by atoms with Gasteiger partial charge in [-0.1, -0.05) is 115 Å². The summed E-state index contributed by atoms with van der Waals surface area (Å²) >= 11 is 0. The third-order valence-corrected chi connectivity index (χ3v) is 13.0. The number of hydrogen-bond donors (Lipinski definition) is 0. The van der Waals surface area contributed by atoms with Crippen LogP contribution in [0.5, 0.6) is 0 Å². The predicted molar refractivity (Wildman–Crippen MR) is 271 cm³/mol. The molecule has 0 radical (unpaired) electrons. The summed E-state index contributed by atoms with van der Waals surface area (Å²) in [6.07, 6.45) is 5.63. The summed E-state index contributed by atoms with van der Waals surface area (Å²) in [5.74, 6) is 2.47. The molecule has 10 aromatic rings. The van der Waals surface area contributed by atoms with E-state index in [1.807, 2.05) is 42.9 Å². The average molecular weight is 841 g/mol. The van der Waals surface area contributed by atoms with E-state index < -0.39 is 0 Å². The summed E-state index contributed by atoms with van der Waals surface area (Å²) in [6, 6.07) is 65.4. The van der Waals surface area contributed by atoms with Gasteiger partial charge in [-0.15, -0.1) is 0 Å². The third kappa shape index (κ3) is 6.86. The van der Waals surface area contributed by atoms with E-state index in [-0.39, 0.29) is 5.41 Å². The van der Waals surface area contributed by atoms with E-state index >= 15 is 0 Å². The van der Waals surface area contributed by atoms with Crippen LogP contribution in [0.1, 0.15) is 41.7 Å². The Labute approximate surface area is 380 Å². The molecule has 11 rings (SSSR count). The Morgan fingerprint density at radius 3 is 1.26 bits per heavy atom. The Balaban J connectivity index is 1.35. The lowest BCUT2D eigenvalue weighted by Gasteiger charge is -2.33. The molecule has 1 aliphatic carbocycles. The fourth-order valence-corrected chi connectivity index (χ4v) is 9.69. The molecule has 0 unspecified atom stereocenters. The van der Waals surface area contributed by atoms with Crippen molar-refractivity contribution in [3.05, 3.63) is 228 Å². The minimum atomic E-state index is -0.245. The summed E-state index contributed by atoms with van der Waals surface area (Å²) < 4.78 is 0. The van der Waals surface area contributed by atoms with E-state index in [1.54, 1.807) is 0 Å². The van der Waals surface area contributed by atoms with Crippen LogP contribution in [-0.2, 0) is 5.41 Å². The second kappa shape index (κ2) is 15.9. The molecule has 0 spiro atoms. The molecule has 0 N–H and O–H groups in total. The van der Waals surface area contributed by atoms with Crippen molar-refractivity contribution in [2.24, 2.45) is 0 Å². The number of anilines is 9. The Morgan fingerprint density at radius 2 is 0.754 bits per heavy atom. The van der Waals surface area contributed by atoms with Gasteiger partial charge in [0.05, 0.1) is 11.4 Å². The molecular weight excluding hydrogens is 793 g/mol. The van der Waals surface area contributed by atoms with Crippen molar-refractivity contribution < 1.29 is 0 Å². The van der Waals surface area contributed by atoms with Crippen LogP contribution in [0.4, 0.5) is 51.6 Å². The van der Waals surface area contributed by atoms with E-state index in [1.165, 1.54) is 38.9 Å². The van der Waals surface area contributed by atoms with Crippen molar-refractivity contribution in [3.63, 3.8) is 0 Å². The van der Waals surface area contributed by atoms with Gasteiger partial charge in [-0.3, -0.25) is 14.7 Å². The average Bonchev–Trinajstić information content (AvgIpc) is 3.56. The first-order valence-electron chi connectivity index (χ1n) is 22.3. The van der Waals surface area contributed by atoms with E-state index in [9.17, 15) is 0 Å². The highest BCUT2D eigenvalue weighted by Crippen LogP contribution is 2.56. The summed E-state index contributed by atoms with van der Waals surface area (Å²) in [6.45, 7) is 11.1. The molecular formula is C59H48N6. The van der Waals surface area contributed by atoms with E-state index in [2.05, 4.69) is 207 Å². The predicted octanol–water partition coefficient (Wildman–Crippen LogP) is 15.8. The Bertz CT molecular complexity index is 3350. The number of nitrogens with zero attached hydrogens (tertiary/aromatic N) is 6. The normalized spacial score (nSPS) is 12.5. The van der Waals surface area contributed by atoms with Crippen molar-refractivity contribution in [1.82, 2.24) is 15.0 Å². The summed E-state index contributed by atoms with van der Waals surface area (Å²) in [4.78, 5) is 22.1. The molecule has 65 heavy (non-hydrogen) atoms. The summed E-state index contributed by atoms with van der Waals surface area (Å²) in [5, 5.41) is 4.31. The van der Waals surface area contributed by atoms with Crippen molar-refractivity contribution in [3.8, 4) is 11.1 Å². The quantitative estimate of drug-likeness (QED) is 0.107. The van der Waals surface area contributed by atoms with Crippen molar-refractivity contribution in [1.29, 1.82) is 0 Å². The fourth-order valence-electron chi connectivity index (χ4n) is 9.69. The van der Waals surface area contributed by atoms with Crippen LogP contribution >= 0.6 is 0 Å². The van der Waals surface area contributed by atoms with Gasteiger partial charge in [0, 0.05) is 68.3 Å². The van der Waals surface area contributed by atoms with Crippen LogP contribution in [0, 0.1) is 20.8 Å². The van der Waals surface area contributed by atoms with Crippen molar-refractivity contribution >= 4 is 73.1 Å². The minimum Gasteiger partial charge on any atom is -0.295 e. The monoisotopic (exact) mass is 840 g/mol. The fraction of sp³-hybridized carbons (Fsp3) is 0.102. The zero-order valence-corrected chi connectivity index (χ0v) is 37.2. The number of aromatic nitrogens is 3. The highest BCUT2D eigenvalue weighted by atomic mass is 15.2. The Hall–Kier alpha value is -8.09. The largest absolute Gasteiger partial charge is 0.295 e. The van der Waals surface area contributed by atoms with Gasteiger partial charge in [0.2, 0.25) is 0 Å². The molecule has 3 heterocycles. The van der Waals surface area contributed by atoms with Gasteiger partial charge in [0.25, 0.3) is 0 Å². The lowest BCUT2D eigenvalue weighted by Crippen LogP contribution is -2.18. The highest BCUT2D eigenvalue weighted by molar-refractivity contribution is 6.24. The van der Waals surface area contributed by atoms with E-state index in [0.29, 0.717) is 0 Å². The molecule has 1 aliphatic rings. The molecule has 0 fully saturated rings. The van der Waals surface area contributed by atoms with Gasteiger partial charge in [-0.2, -0.15) is 0 Å². The molecule has 314 valence electrons. The number of rotatable bonds is 9. The molecule has 0 saturated carbocycles. The molecule has 0 bridgehead atoms. The van der Waals surface area contributed by atoms with Crippen LogP contribution in [0.25, 0.3) is 32.7 Å². The van der Waals surface area contributed by atoms with Crippen LogP contribution in [-0.4, -0.2) is 15.0 Å². The first kappa shape index (κ1) is 39.7. The second-order valence-corrected chi connectivity index (χ2v) is 17.6. The van der Waals surface area contributed by atoms with E-state index in [4.69, 9.17) is 15.0 Å². The van der Waals surface area contributed by atoms with Gasteiger partial charge in [-0.05, 0) is 140 Å². The first-order chi connectivity index (χ1) is 31.7. The number of benzene rings is 7. The minimum absolute atomic E-state index is 0.245. The maximum absolute atomic E-state index is 5.11. The van der Waals surface area contributed by atoms with Gasteiger partial charge in [0.1, 0.15) is 17.5 Å². The smallest absolute Gasteiger partial charge is 0.137 e. The molecule has 0 atom stereocenters.